The van der Waals surface area contributed by atoms with Crippen molar-refractivity contribution >= 4 is 27.3 Å². The molecule has 9 heteroatoms. The summed E-state index contributed by atoms with van der Waals surface area (Å²) in [6.07, 6.45) is 0.617. The van der Waals surface area contributed by atoms with E-state index in [4.69, 9.17) is 9.57 Å². The second-order valence-electron chi connectivity index (χ2n) is 9.63. The van der Waals surface area contributed by atoms with Crippen LogP contribution >= 0.6 is 0 Å². The van der Waals surface area contributed by atoms with Crippen molar-refractivity contribution in [1.82, 2.24) is 5.06 Å². The SMILES string of the molecule is CON(C)C(=O)c1ccc(C2Nc3ccc(S(=O)(=O)Nc4ccc(C)c(C)c4)cc3[C@H]3OCC[C@@H]23)cc1. The summed E-state index contributed by atoms with van der Waals surface area (Å²) in [5, 5.41) is 4.78. The Morgan fingerprint density at radius 2 is 1.81 bits per heavy atom. The molecular formula is C28H31N3O5S. The predicted molar refractivity (Wildman–Crippen MR) is 142 cm³/mol. The van der Waals surface area contributed by atoms with E-state index in [-0.39, 0.29) is 28.9 Å². The summed E-state index contributed by atoms with van der Waals surface area (Å²) in [5.74, 6) is -0.0948. The third-order valence-electron chi connectivity index (χ3n) is 7.35. The zero-order valence-corrected chi connectivity index (χ0v) is 22.1. The van der Waals surface area contributed by atoms with E-state index in [9.17, 15) is 13.2 Å². The Labute approximate surface area is 217 Å². The Kier molecular flexibility index (Phi) is 6.70. The van der Waals surface area contributed by atoms with Gasteiger partial charge in [0.2, 0.25) is 0 Å². The summed E-state index contributed by atoms with van der Waals surface area (Å²) in [7, 11) is -0.751. The summed E-state index contributed by atoms with van der Waals surface area (Å²) >= 11 is 0. The molecule has 0 bridgehead atoms. The first-order valence-electron chi connectivity index (χ1n) is 12.2. The molecule has 3 aromatic rings. The summed E-state index contributed by atoms with van der Waals surface area (Å²) in [5.41, 5.74) is 5.92. The van der Waals surface area contributed by atoms with E-state index >= 15 is 0 Å². The van der Waals surface area contributed by atoms with E-state index in [1.165, 1.54) is 12.2 Å². The number of ether oxygens (including phenoxy) is 1. The molecule has 194 valence electrons. The molecule has 1 fully saturated rings. The lowest BCUT2D eigenvalue weighted by atomic mass is 9.81. The van der Waals surface area contributed by atoms with E-state index in [0.717, 1.165) is 34.4 Å². The van der Waals surface area contributed by atoms with Gasteiger partial charge in [-0.2, -0.15) is 0 Å². The molecule has 1 saturated heterocycles. The van der Waals surface area contributed by atoms with Gasteiger partial charge in [-0.25, -0.2) is 13.5 Å². The summed E-state index contributed by atoms with van der Waals surface area (Å²) in [4.78, 5) is 17.6. The second kappa shape index (κ2) is 9.81. The zero-order valence-electron chi connectivity index (χ0n) is 21.3. The van der Waals surface area contributed by atoms with Crippen LogP contribution in [0.25, 0.3) is 0 Å². The topological polar surface area (TPSA) is 97.0 Å². The molecule has 2 aliphatic heterocycles. The molecule has 2 heterocycles. The van der Waals surface area contributed by atoms with Crippen LogP contribution in [0.2, 0.25) is 0 Å². The average molecular weight is 522 g/mol. The second-order valence-corrected chi connectivity index (χ2v) is 11.3. The van der Waals surface area contributed by atoms with Crippen LogP contribution in [-0.4, -0.2) is 40.2 Å². The number of fused-ring (bicyclic) bond motifs is 3. The molecule has 0 radical (unpaired) electrons. The van der Waals surface area contributed by atoms with Gasteiger partial charge in [-0.3, -0.25) is 14.4 Å². The maximum Gasteiger partial charge on any atom is 0.277 e. The Morgan fingerprint density at radius 1 is 1.05 bits per heavy atom. The first-order valence-corrected chi connectivity index (χ1v) is 13.7. The van der Waals surface area contributed by atoms with Crippen LogP contribution in [0.5, 0.6) is 0 Å². The van der Waals surface area contributed by atoms with Crippen molar-refractivity contribution in [1.29, 1.82) is 0 Å². The van der Waals surface area contributed by atoms with Crippen LogP contribution in [0.15, 0.2) is 65.6 Å². The van der Waals surface area contributed by atoms with Gasteiger partial charge in [0.1, 0.15) is 0 Å². The van der Waals surface area contributed by atoms with Crippen molar-refractivity contribution < 1.29 is 22.8 Å². The number of carbonyl (C=O) groups excluding carboxylic acids is 1. The summed E-state index contributed by atoms with van der Waals surface area (Å²) < 4.78 is 35.2. The highest BCUT2D eigenvalue weighted by Gasteiger charge is 2.42. The number of hydrogen-bond acceptors (Lipinski definition) is 6. The van der Waals surface area contributed by atoms with Crippen LogP contribution in [0.4, 0.5) is 11.4 Å². The highest BCUT2D eigenvalue weighted by molar-refractivity contribution is 7.92. The number of nitrogens with one attached hydrogen (secondary N) is 2. The van der Waals surface area contributed by atoms with Crippen molar-refractivity contribution in [2.45, 2.75) is 37.3 Å². The van der Waals surface area contributed by atoms with Crippen molar-refractivity contribution in [3.05, 3.63) is 88.5 Å². The van der Waals surface area contributed by atoms with Crippen molar-refractivity contribution in [2.75, 3.05) is 30.8 Å². The van der Waals surface area contributed by atoms with Gasteiger partial charge in [0.25, 0.3) is 15.9 Å². The van der Waals surface area contributed by atoms with E-state index < -0.39 is 10.0 Å². The molecule has 2 N–H and O–H groups in total. The van der Waals surface area contributed by atoms with Gasteiger partial charge in [-0.05, 0) is 79.4 Å². The molecule has 0 spiro atoms. The quantitative estimate of drug-likeness (QED) is 0.444. The van der Waals surface area contributed by atoms with Crippen LogP contribution in [0.3, 0.4) is 0 Å². The van der Waals surface area contributed by atoms with Crippen LogP contribution in [0.1, 0.15) is 51.2 Å². The van der Waals surface area contributed by atoms with Gasteiger partial charge in [-0.1, -0.05) is 18.2 Å². The minimum atomic E-state index is -3.77. The number of hydrogen-bond donors (Lipinski definition) is 2. The van der Waals surface area contributed by atoms with E-state index in [0.29, 0.717) is 17.9 Å². The first kappa shape index (κ1) is 25.3. The van der Waals surface area contributed by atoms with E-state index in [2.05, 4.69) is 10.0 Å². The molecule has 2 aliphatic rings. The van der Waals surface area contributed by atoms with E-state index in [1.54, 1.807) is 43.4 Å². The molecule has 1 amide bonds. The number of nitrogens with zero attached hydrogens (tertiary/aromatic N) is 1. The molecule has 0 aromatic heterocycles. The number of carbonyl (C=O) groups is 1. The zero-order chi connectivity index (χ0) is 26.3. The smallest absolute Gasteiger partial charge is 0.277 e. The fourth-order valence-corrected chi connectivity index (χ4v) is 6.15. The maximum atomic E-state index is 13.2. The Balaban J connectivity index is 1.41. The number of aryl methyl sites for hydroxylation is 2. The molecule has 3 aromatic carbocycles. The molecule has 8 nitrogen and oxygen atoms in total. The van der Waals surface area contributed by atoms with Gasteiger partial charge in [0.05, 0.1) is 24.2 Å². The molecule has 0 saturated carbocycles. The Bertz CT molecular complexity index is 1440. The van der Waals surface area contributed by atoms with E-state index in [1.807, 2.05) is 38.1 Å². The number of anilines is 2. The lowest BCUT2D eigenvalue weighted by molar-refractivity contribution is -0.0757. The highest BCUT2D eigenvalue weighted by atomic mass is 32.2. The number of hydroxylamine groups is 2. The lowest BCUT2D eigenvalue weighted by Crippen LogP contribution is -2.30. The molecule has 3 atom stereocenters. The maximum absolute atomic E-state index is 13.2. The Morgan fingerprint density at radius 3 is 2.51 bits per heavy atom. The van der Waals surface area contributed by atoms with Crippen LogP contribution in [-0.2, 0) is 19.6 Å². The fourth-order valence-electron chi connectivity index (χ4n) is 5.06. The van der Waals surface area contributed by atoms with Gasteiger partial charge < -0.3 is 10.1 Å². The minimum Gasteiger partial charge on any atom is -0.378 e. The third kappa shape index (κ3) is 4.82. The first-order chi connectivity index (χ1) is 17.7. The third-order valence-corrected chi connectivity index (χ3v) is 8.73. The van der Waals surface area contributed by atoms with Gasteiger partial charge in [0, 0.05) is 42.1 Å². The van der Waals surface area contributed by atoms with Crippen LogP contribution < -0.4 is 10.0 Å². The summed E-state index contributed by atoms with van der Waals surface area (Å²) in [6.45, 7) is 4.54. The molecule has 37 heavy (non-hydrogen) atoms. The molecule has 1 unspecified atom stereocenters. The number of amides is 1. The summed E-state index contributed by atoms with van der Waals surface area (Å²) in [6, 6.07) is 18.1. The fraction of sp³-hybridized carbons (Fsp3) is 0.321. The standard InChI is InChI=1S/C28H31N3O5S/c1-17-5-10-21(15-18(17)2)30-37(33,34)22-11-12-25-24(16-22)27-23(13-14-36-27)26(29-25)19-6-8-20(9-7-19)28(32)31(3)35-4/h5-12,15-16,23,26-27,29-30H,13-14H2,1-4H3/t23-,26?,27-/m0/s1. The van der Waals surface area contributed by atoms with Crippen LogP contribution in [0, 0.1) is 19.8 Å². The van der Waals surface area contributed by atoms with Crippen molar-refractivity contribution in [3.63, 3.8) is 0 Å². The number of rotatable bonds is 6. The number of benzene rings is 3. The predicted octanol–water partition coefficient (Wildman–Crippen LogP) is 4.98. The van der Waals surface area contributed by atoms with Crippen molar-refractivity contribution in [2.24, 2.45) is 5.92 Å². The highest BCUT2D eigenvalue weighted by Crippen LogP contribution is 2.50. The van der Waals surface area contributed by atoms with Crippen molar-refractivity contribution in [3.8, 4) is 0 Å². The Hall–Kier alpha value is -3.40. The molecule has 5 rings (SSSR count). The van der Waals surface area contributed by atoms with Gasteiger partial charge in [-0.15, -0.1) is 0 Å². The van der Waals surface area contributed by atoms with Gasteiger partial charge >= 0.3 is 0 Å². The molecule has 0 aliphatic carbocycles. The molecular weight excluding hydrogens is 490 g/mol. The minimum absolute atomic E-state index is 0.0274. The number of sulfonamides is 1. The lowest BCUT2D eigenvalue weighted by Gasteiger charge is -2.36. The average Bonchev–Trinajstić information content (AvgIpc) is 3.39. The monoisotopic (exact) mass is 521 g/mol. The largest absolute Gasteiger partial charge is 0.378 e. The van der Waals surface area contributed by atoms with Gasteiger partial charge in [0.15, 0.2) is 0 Å². The normalized spacial score (nSPS) is 20.5.